The molecule has 11 nitrogen and oxygen atoms in total. The van der Waals surface area contributed by atoms with Crippen molar-refractivity contribution in [2.24, 2.45) is 5.41 Å². The Hall–Kier alpha value is -5.06. The number of benzene rings is 1. The van der Waals surface area contributed by atoms with Gasteiger partial charge in [-0.05, 0) is 50.5 Å². The molecule has 0 spiro atoms. The van der Waals surface area contributed by atoms with Gasteiger partial charge in [0.2, 0.25) is 0 Å². The van der Waals surface area contributed by atoms with E-state index in [9.17, 15) is 14.4 Å². The highest BCUT2D eigenvalue weighted by atomic mass is 16.4. The molecular weight excluding hydrogens is 524 g/mol. The quantitative estimate of drug-likeness (QED) is 0.333. The number of hydrogen-bond donors (Lipinski definition) is 3. The van der Waals surface area contributed by atoms with Crippen LogP contribution in [0.5, 0.6) is 0 Å². The third-order valence-electron chi connectivity index (χ3n) is 7.43. The van der Waals surface area contributed by atoms with Gasteiger partial charge in [0, 0.05) is 30.8 Å². The number of hydrogen-bond acceptors (Lipinski definition) is 7. The van der Waals surface area contributed by atoms with Crippen LogP contribution in [-0.4, -0.2) is 60.0 Å². The van der Waals surface area contributed by atoms with Crippen molar-refractivity contribution in [3.05, 3.63) is 101 Å². The van der Waals surface area contributed by atoms with Crippen LogP contribution in [0.3, 0.4) is 0 Å². The van der Waals surface area contributed by atoms with Crippen molar-refractivity contribution in [3.8, 4) is 5.69 Å². The fourth-order valence-electron chi connectivity index (χ4n) is 5.02. The maximum Gasteiger partial charge on any atom is 0.331 e. The second-order valence-corrected chi connectivity index (χ2v) is 10.3. The standard InChI is InChI=1S/C21H20N6O.C9H10O4/c28-21-18-14-23-27(16-5-2-1-3-6-16)20(18)24-19(25-21)15-8-11-26(12-9-15)17-7-4-10-22-13-17;1-9(8(12)13)4-2-3-6(5-9)7(10)11/h1-7,10,13-15H,8-9,11-12H2,(H,24,25,28);2-4H,5H2,1H3,(H,10,11)(H,12,13). The number of allylic oxidation sites excluding steroid dienone is 2. The van der Waals surface area contributed by atoms with Crippen LogP contribution >= 0.6 is 0 Å². The minimum absolute atomic E-state index is 0.0359. The Balaban J connectivity index is 0.000000219. The molecule has 0 amide bonds. The van der Waals surface area contributed by atoms with Crippen molar-refractivity contribution >= 4 is 28.7 Å². The summed E-state index contributed by atoms with van der Waals surface area (Å²) in [5, 5.41) is 22.4. The number of aromatic amines is 1. The molecule has 0 bridgehead atoms. The molecule has 1 saturated heterocycles. The Morgan fingerprint density at radius 2 is 1.76 bits per heavy atom. The van der Waals surface area contributed by atoms with Crippen molar-refractivity contribution in [1.29, 1.82) is 0 Å². The van der Waals surface area contributed by atoms with E-state index in [0.29, 0.717) is 11.0 Å². The number of rotatable bonds is 5. The molecule has 2 aliphatic rings. The molecule has 210 valence electrons. The van der Waals surface area contributed by atoms with E-state index in [0.717, 1.165) is 43.1 Å². The van der Waals surface area contributed by atoms with Crippen LogP contribution in [0.25, 0.3) is 16.7 Å². The average Bonchev–Trinajstić information content (AvgIpc) is 3.43. The van der Waals surface area contributed by atoms with E-state index in [4.69, 9.17) is 15.2 Å². The summed E-state index contributed by atoms with van der Waals surface area (Å²) in [4.78, 5) is 48.3. The smallest absolute Gasteiger partial charge is 0.331 e. The molecule has 4 heterocycles. The van der Waals surface area contributed by atoms with Crippen LogP contribution in [0.2, 0.25) is 0 Å². The molecular formula is C30H30N6O5. The van der Waals surface area contributed by atoms with Gasteiger partial charge in [0.25, 0.3) is 5.56 Å². The number of aliphatic carboxylic acids is 2. The first-order chi connectivity index (χ1) is 19.7. The van der Waals surface area contributed by atoms with Crippen LogP contribution in [0, 0.1) is 5.41 Å². The average molecular weight is 555 g/mol. The SMILES string of the molecule is CC1(C(=O)O)C=CC=C(C(=O)O)C1.O=c1[nH]c(C2CCN(c3cccnc3)CC2)nc2c1cnn2-c1ccccc1. The molecule has 0 radical (unpaired) electrons. The molecule has 4 aromatic rings. The molecule has 1 aliphatic heterocycles. The van der Waals surface area contributed by atoms with Gasteiger partial charge < -0.3 is 20.1 Å². The Morgan fingerprint density at radius 1 is 1.02 bits per heavy atom. The molecule has 1 atom stereocenters. The zero-order valence-corrected chi connectivity index (χ0v) is 22.5. The van der Waals surface area contributed by atoms with Crippen LogP contribution < -0.4 is 10.5 Å². The lowest BCUT2D eigenvalue weighted by atomic mass is 9.80. The van der Waals surface area contributed by atoms with E-state index in [1.807, 2.05) is 42.6 Å². The minimum Gasteiger partial charge on any atom is -0.481 e. The topological polar surface area (TPSA) is 154 Å². The molecule has 6 rings (SSSR count). The number of anilines is 1. The number of H-pyrrole nitrogens is 1. The summed E-state index contributed by atoms with van der Waals surface area (Å²) in [5.74, 6) is -1.09. The summed E-state index contributed by atoms with van der Waals surface area (Å²) in [6.45, 7) is 3.33. The number of fused-ring (bicyclic) bond motifs is 1. The van der Waals surface area contributed by atoms with Crippen molar-refractivity contribution < 1.29 is 19.8 Å². The zero-order chi connectivity index (χ0) is 29.0. The number of pyridine rings is 1. The number of nitrogens with zero attached hydrogens (tertiary/aromatic N) is 5. The highest BCUT2D eigenvalue weighted by Gasteiger charge is 2.34. The largest absolute Gasteiger partial charge is 0.481 e. The number of carbonyl (C=O) groups is 2. The van der Waals surface area contributed by atoms with Gasteiger partial charge in [-0.2, -0.15) is 5.10 Å². The molecule has 41 heavy (non-hydrogen) atoms. The maximum atomic E-state index is 12.6. The zero-order valence-electron chi connectivity index (χ0n) is 22.5. The lowest BCUT2D eigenvalue weighted by Crippen LogP contribution is -2.34. The highest BCUT2D eigenvalue weighted by molar-refractivity contribution is 5.90. The van der Waals surface area contributed by atoms with E-state index in [-0.39, 0.29) is 23.5 Å². The molecule has 3 N–H and O–H groups in total. The van der Waals surface area contributed by atoms with Crippen molar-refractivity contribution in [2.45, 2.75) is 32.1 Å². The Morgan fingerprint density at radius 3 is 2.41 bits per heavy atom. The summed E-state index contributed by atoms with van der Waals surface area (Å²) in [5.41, 5.74) is 1.57. The number of carboxylic acids is 2. The van der Waals surface area contributed by atoms with Crippen LogP contribution in [0.15, 0.2) is 89.7 Å². The van der Waals surface area contributed by atoms with Crippen LogP contribution in [0.1, 0.15) is 37.9 Å². The van der Waals surface area contributed by atoms with E-state index in [1.54, 1.807) is 17.1 Å². The van der Waals surface area contributed by atoms with Crippen molar-refractivity contribution in [2.75, 3.05) is 18.0 Å². The first-order valence-electron chi connectivity index (χ1n) is 13.3. The molecule has 1 fully saturated rings. The van der Waals surface area contributed by atoms with E-state index >= 15 is 0 Å². The minimum atomic E-state index is -1.08. The van der Waals surface area contributed by atoms with Gasteiger partial charge in [0.1, 0.15) is 11.2 Å². The second kappa shape index (κ2) is 11.6. The van der Waals surface area contributed by atoms with E-state index in [1.165, 1.54) is 25.2 Å². The Labute approximate surface area is 235 Å². The molecule has 0 saturated carbocycles. The lowest BCUT2D eigenvalue weighted by molar-refractivity contribution is -0.145. The number of piperidine rings is 1. The predicted molar refractivity (Wildman–Crippen MR) is 153 cm³/mol. The third kappa shape index (κ3) is 5.93. The molecule has 1 unspecified atom stereocenters. The van der Waals surface area contributed by atoms with Gasteiger partial charge in [0.05, 0.1) is 29.2 Å². The van der Waals surface area contributed by atoms with Gasteiger partial charge in [-0.3, -0.25) is 14.6 Å². The summed E-state index contributed by atoms with van der Waals surface area (Å²) in [6, 6.07) is 13.8. The van der Waals surface area contributed by atoms with E-state index < -0.39 is 17.4 Å². The van der Waals surface area contributed by atoms with Crippen molar-refractivity contribution in [1.82, 2.24) is 24.7 Å². The number of para-hydroxylation sites is 1. The third-order valence-corrected chi connectivity index (χ3v) is 7.43. The monoisotopic (exact) mass is 554 g/mol. The van der Waals surface area contributed by atoms with Crippen LogP contribution in [-0.2, 0) is 9.59 Å². The summed E-state index contributed by atoms with van der Waals surface area (Å²) in [6.07, 6.45) is 11.6. The summed E-state index contributed by atoms with van der Waals surface area (Å²) < 4.78 is 1.73. The summed E-state index contributed by atoms with van der Waals surface area (Å²) in [7, 11) is 0. The number of nitrogens with one attached hydrogen (secondary N) is 1. The van der Waals surface area contributed by atoms with Crippen molar-refractivity contribution in [3.63, 3.8) is 0 Å². The first-order valence-corrected chi connectivity index (χ1v) is 13.3. The predicted octanol–water partition coefficient (Wildman–Crippen LogP) is 3.94. The highest BCUT2D eigenvalue weighted by Crippen LogP contribution is 2.31. The second-order valence-electron chi connectivity index (χ2n) is 10.3. The Bertz CT molecular complexity index is 1670. The summed E-state index contributed by atoms with van der Waals surface area (Å²) >= 11 is 0. The van der Waals surface area contributed by atoms with Gasteiger partial charge in [-0.15, -0.1) is 0 Å². The van der Waals surface area contributed by atoms with Gasteiger partial charge >= 0.3 is 11.9 Å². The molecule has 3 aromatic heterocycles. The fraction of sp³-hybridized carbons (Fsp3) is 0.267. The van der Waals surface area contributed by atoms with E-state index in [2.05, 4.69) is 26.0 Å². The molecule has 1 aliphatic carbocycles. The molecule has 11 heteroatoms. The van der Waals surface area contributed by atoms with Gasteiger partial charge in [-0.25, -0.2) is 14.5 Å². The number of carboxylic acid groups (broad SMARTS) is 2. The number of aromatic nitrogens is 5. The fourth-order valence-corrected chi connectivity index (χ4v) is 5.02. The van der Waals surface area contributed by atoms with Gasteiger partial charge in [-0.1, -0.05) is 36.4 Å². The van der Waals surface area contributed by atoms with Gasteiger partial charge in [0.15, 0.2) is 5.65 Å². The molecule has 1 aromatic carbocycles. The first kappa shape index (κ1) is 27.5. The maximum absolute atomic E-state index is 12.6. The Kier molecular flexibility index (Phi) is 7.77. The normalized spacial score (nSPS) is 18.9. The van der Waals surface area contributed by atoms with Crippen LogP contribution in [0.4, 0.5) is 5.69 Å². The lowest BCUT2D eigenvalue weighted by Gasteiger charge is -2.32.